The minimum atomic E-state index is 0.477. The standard InChI is InChI=1S/C11H16O/c12-11-7-5-10(6-8-11)9-3-1-2-4-9/h3,10H,1-2,4-8H2. The molecule has 1 saturated carbocycles. The third kappa shape index (κ3) is 1.60. The average Bonchev–Trinajstić information content (AvgIpc) is 2.58. The van der Waals surface area contributed by atoms with Crippen molar-refractivity contribution in [3.8, 4) is 0 Å². The van der Waals surface area contributed by atoms with Crippen molar-refractivity contribution in [3.05, 3.63) is 11.6 Å². The first-order valence-corrected chi connectivity index (χ1v) is 5.07. The second kappa shape index (κ2) is 3.42. The zero-order chi connectivity index (χ0) is 8.39. The molecule has 0 atom stereocenters. The monoisotopic (exact) mass is 164 g/mol. The van der Waals surface area contributed by atoms with Gasteiger partial charge < -0.3 is 0 Å². The zero-order valence-electron chi connectivity index (χ0n) is 7.51. The summed E-state index contributed by atoms with van der Waals surface area (Å²) in [7, 11) is 0. The van der Waals surface area contributed by atoms with E-state index in [4.69, 9.17) is 0 Å². The highest BCUT2D eigenvalue weighted by atomic mass is 16.1. The zero-order valence-corrected chi connectivity index (χ0v) is 7.51. The van der Waals surface area contributed by atoms with E-state index in [2.05, 4.69) is 6.08 Å². The fraction of sp³-hybridized carbons (Fsp3) is 0.727. The predicted molar refractivity (Wildman–Crippen MR) is 48.9 cm³/mol. The van der Waals surface area contributed by atoms with Gasteiger partial charge in [-0.1, -0.05) is 11.6 Å². The van der Waals surface area contributed by atoms with Gasteiger partial charge in [0.05, 0.1) is 0 Å². The Labute approximate surface area is 73.8 Å². The van der Waals surface area contributed by atoms with Crippen LogP contribution in [-0.2, 0) is 4.79 Å². The Hall–Kier alpha value is -0.590. The van der Waals surface area contributed by atoms with Gasteiger partial charge in [0.15, 0.2) is 0 Å². The van der Waals surface area contributed by atoms with E-state index in [0.29, 0.717) is 5.78 Å². The van der Waals surface area contributed by atoms with Gasteiger partial charge in [-0.25, -0.2) is 0 Å². The van der Waals surface area contributed by atoms with Crippen LogP contribution in [0.25, 0.3) is 0 Å². The molecule has 2 rings (SSSR count). The second-order valence-electron chi connectivity index (χ2n) is 3.98. The van der Waals surface area contributed by atoms with Gasteiger partial charge in [-0.05, 0) is 38.0 Å². The maximum absolute atomic E-state index is 11.0. The lowest BCUT2D eigenvalue weighted by atomic mass is 9.83. The van der Waals surface area contributed by atoms with E-state index in [9.17, 15) is 4.79 Å². The Bertz CT molecular complexity index is 205. The summed E-state index contributed by atoms with van der Waals surface area (Å²) >= 11 is 0. The number of carbonyl (C=O) groups is 1. The summed E-state index contributed by atoms with van der Waals surface area (Å²) in [6.07, 6.45) is 10.3. The summed E-state index contributed by atoms with van der Waals surface area (Å²) in [6, 6.07) is 0. The predicted octanol–water partition coefficient (Wildman–Crippen LogP) is 2.86. The first kappa shape index (κ1) is 8.03. The summed E-state index contributed by atoms with van der Waals surface area (Å²) in [5.74, 6) is 1.25. The highest BCUT2D eigenvalue weighted by Gasteiger charge is 2.22. The van der Waals surface area contributed by atoms with Crippen LogP contribution in [0.4, 0.5) is 0 Å². The van der Waals surface area contributed by atoms with Crippen molar-refractivity contribution in [2.24, 2.45) is 5.92 Å². The molecule has 0 unspecified atom stereocenters. The van der Waals surface area contributed by atoms with Crippen LogP contribution in [0.1, 0.15) is 44.9 Å². The first-order valence-electron chi connectivity index (χ1n) is 5.07. The molecule has 0 radical (unpaired) electrons. The van der Waals surface area contributed by atoms with Crippen LogP contribution in [0.3, 0.4) is 0 Å². The summed E-state index contributed by atoms with van der Waals surface area (Å²) in [6.45, 7) is 0. The molecule has 0 saturated heterocycles. The number of carbonyl (C=O) groups excluding carboxylic acids is 1. The Kier molecular flexibility index (Phi) is 2.29. The third-order valence-corrected chi connectivity index (χ3v) is 3.14. The second-order valence-corrected chi connectivity index (χ2v) is 3.98. The molecule has 1 heteroatoms. The molecule has 1 fully saturated rings. The van der Waals surface area contributed by atoms with Crippen LogP contribution in [0.2, 0.25) is 0 Å². The molecule has 0 heterocycles. The van der Waals surface area contributed by atoms with E-state index in [1.165, 1.54) is 19.3 Å². The minimum Gasteiger partial charge on any atom is -0.300 e. The van der Waals surface area contributed by atoms with Crippen LogP contribution in [0.5, 0.6) is 0 Å². The molecule has 0 aromatic carbocycles. The molecule has 2 aliphatic rings. The lowest BCUT2D eigenvalue weighted by Gasteiger charge is -2.21. The Morgan fingerprint density at radius 1 is 1.17 bits per heavy atom. The molecule has 66 valence electrons. The molecule has 0 aromatic rings. The Morgan fingerprint density at radius 3 is 2.50 bits per heavy atom. The fourth-order valence-electron chi connectivity index (χ4n) is 2.38. The van der Waals surface area contributed by atoms with Crippen LogP contribution in [0.15, 0.2) is 11.6 Å². The van der Waals surface area contributed by atoms with Gasteiger partial charge in [0.25, 0.3) is 0 Å². The van der Waals surface area contributed by atoms with Gasteiger partial charge in [-0.15, -0.1) is 0 Å². The van der Waals surface area contributed by atoms with Gasteiger partial charge in [0, 0.05) is 12.8 Å². The Morgan fingerprint density at radius 2 is 1.92 bits per heavy atom. The van der Waals surface area contributed by atoms with Crippen molar-refractivity contribution < 1.29 is 4.79 Å². The molecule has 0 amide bonds. The van der Waals surface area contributed by atoms with Crippen molar-refractivity contribution in [1.82, 2.24) is 0 Å². The number of allylic oxidation sites excluding steroid dienone is 2. The molecule has 0 spiro atoms. The molecule has 0 aromatic heterocycles. The Balaban J connectivity index is 1.92. The summed E-state index contributed by atoms with van der Waals surface area (Å²) < 4.78 is 0. The number of ketones is 1. The molecule has 0 aliphatic heterocycles. The van der Waals surface area contributed by atoms with E-state index in [1.807, 2.05) is 0 Å². The quantitative estimate of drug-likeness (QED) is 0.545. The van der Waals surface area contributed by atoms with Crippen molar-refractivity contribution in [1.29, 1.82) is 0 Å². The molecule has 0 N–H and O–H groups in total. The highest BCUT2D eigenvalue weighted by Crippen LogP contribution is 2.34. The molecular weight excluding hydrogens is 148 g/mol. The molecular formula is C11H16O. The van der Waals surface area contributed by atoms with Crippen LogP contribution < -0.4 is 0 Å². The number of hydrogen-bond acceptors (Lipinski definition) is 1. The SMILES string of the molecule is O=C1CCC(C2=CCCC2)CC1. The normalized spacial score (nSPS) is 26.0. The first-order chi connectivity index (χ1) is 5.86. The molecule has 2 aliphatic carbocycles. The van der Waals surface area contributed by atoms with E-state index in [1.54, 1.807) is 5.57 Å². The van der Waals surface area contributed by atoms with E-state index >= 15 is 0 Å². The van der Waals surface area contributed by atoms with E-state index < -0.39 is 0 Å². The van der Waals surface area contributed by atoms with Crippen LogP contribution >= 0.6 is 0 Å². The largest absolute Gasteiger partial charge is 0.300 e. The number of rotatable bonds is 1. The smallest absolute Gasteiger partial charge is 0.132 e. The lowest BCUT2D eigenvalue weighted by Crippen LogP contribution is -2.14. The van der Waals surface area contributed by atoms with Crippen molar-refractivity contribution in [2.45, 2.75) is 44.9 Å². The van der Waals surface area contributed by atoms with Crippen molar-refractivity contribution in [2.75, 3.05) is 0 Å². The lowest BCUT2D eigenvalue weighted by molar-refractivity contribution is -0.120. The minimum absolute atomic E-state index is 0.477. The summed E-state index contributed by atoms with van der Waals surface area (Å²) in [5.41, 5.74) is 1.66. The van der Waals surface area contributed by atoms with Crippen LogP contribution in [-0.4, -0.2) is 5.78 Å². The fourth-order valence-corrected chi connectivity index (χ4v) is 2.38. The van der Waals surface area contributed by atoms with E-state index in [0.717, 1.165) is 31.6 Å². The van der Waals surface area contributed by atoms with Gasteiger partial charge >= 0.3 is 0 Å². The average molecular weight is 164 g/mol. The highest BCUT2D eigenvalue weighted by molar-refractivity contribution is 5.79. The molecule has 0 bridgehead atoms. The van der Waals surface area contributed by atoms with Crippen molar-refractivity contribution in [3.63, 3.8) is 0 Å². The van der Waals surface area contributed by atoms with Gasteiger partial charge in [0.2, 0.25) is 0 Å². The number of hydrogen-bond donors (Lipinski definition) is 0. The van der Waals surface area contributed by atoms with Crippen molar-refractivity contribution >= 4 is 5.78 Å². The molecule has 12 heavy (non-hydrogen) atoms. The van der Waals surface area contributed by atoms with Gasteiger partial charge in [0.1, 0.15) is 5.78 Å². The van der Waals surface area contributed by atoms with E-state index in [-0.39, 0.29) is 0 Å². The molecule has 1 nitrogen and oxygen atoms in total. The topological polar surface area (TPSA) is 17.1 Å². The van der Waals surface area contributed by atoms with Crippen LogP contribution in [0, 0.1) is 5.92 Å². The van der Waals surface area contributed by atoms with Gasteiger partial charge in [-0.2, -0.15) is 0 Å². The van der Waals surface area contributed by atoms with Gasteiger partial charge in [-0.3, -0.25) is 4.79 Å². The summed E-state index contributed by atoms with van der Waals surface area (Å²) in [5, 5.41) is 0. The third-order valence-electron chi connectivity index (χ3n) is 3.14. The number of Topliss-reactive ketones (excluding diaryl/α,β-unsaturated/α-hetero) is 1. The maximum Gasteiger partial charge on any atom is 0.132 e. The summed E-state index contributed by atoms with van der Waals surface area (Å²) in [4.78, 5) is 11.0. The maximum atomic E-state index is 11.0.